The zero-order valence-electron chi connectivity index (χ0n) is 12.7. The maximum atomic E-state index is 11.4. The van der Waals surface area contributed by atoms with Gasteiger partial charge in [-0.05, 0) is 49.5 Å². The number of ether oxygens (including phenoxy) is 1. The van der Waals surface area contributed by atoms with E-state index in [1.165, 1.54) is 31.5 Å². The molecule has 4 nitrogen and oxygen atoms in total. The van der Waals surface area contributed by atoms with Crippen molar-refractivity contribution in [3.63, 3.8) is 0 Å². The van der Waals surface area contributed by atoms with Crippen molar-refractivity contribution in [1.82, 2.24) is 4.90 Å². The molecule has 0 spiro atoms. The van der Waals surface area contributed by atoms with Crippen molar-refractivity contribution in [1.29, 1.82) is 0 Å². The minimum atomic E-state index is -0.451. The third kappa shape index (κ3) is 5.23. The molecule has 4 heteroatoms. The van der Waals surface area contributed by atoms with Crippen LogP contribution < -0.4 is 5.32 Å². The number of rotatable bonds is 5. The number of piperidine rings is 1. The fraction of sp³-hybridized carbons (Fsp3) is 0.471. The van der Waals surface area contributed by atoms with Gasteiger partial charge in [-0.1, -0.05) is 31.7 Å². The van der Waals surface area contributed by atoms with Crippen LogP contribution in [0.1, 0.15) is 25.3 Å². The van der Waals surface area contributed by atoms with Gasteiger partial charge in [-0.15, -0.1) is 0 Å². The number of hydrogen-bond acceptors (Lipinski definition) is 3. The molecule has 0 atom stereocenters. The van der Waals surface area contributed by atoms with E-state index in [1.54, 1.807) is 6.08 Å². The second kappa shape index (κ2) is 7.84. The first-order valence-electron chi connectivity index (χ1n) is 7.53. The number of amides is 1. The van der Waals surface area contributed by atoms with E-state index >= 15 is 0 Å². The Morgan fingerprint density at radius 3 is 2.67 bits per heavy atom. The number of benzene rings is 1. The van der Waals surface area contributed by atoms with Crippen LogP contribution in [0.2, 0.25) is 0 Å². The predicted molar refractivity (Wildman–Crippen MR) is 85.3 cm³/mol. The number of nitrogens with zero attached hydrogens (tertiary/aromatic N) is 1. The van der Waals surface area contributed by atoms with Gasteiger partial charge in [-0.3, -0.25) is 10.2 Å². The second-order valence-electron chi connectivity index (χ2n) is 5.67. The van der Waals surface area contributed by atoms with Crippen LogP contribution in [0, 0.1) is 5.92 Å². The van der Waals surface area contributed by atoms with Gasteiger partial charge < -0.3 is 4.74 Å². The van der Waals surface area contributed by atoms with Gasteiger partial charge in [0.05, 0.1) is 0 Å². The molecule has 1 aromatic carbocycles. The lowest BCUT2D eigenvalue weighted by atomic mass is 9.99. The number of carbonyl (C=O) groups is 1. The number of nitrogens with one attached hydrogen (secondary N) is 1. The Kier molecular flexibility index (Phi) is 5.81. The van der Waals surface area contributed by atoms with E-state index in [4.69, 9.17) is 4.74 Å². The molecule has 0 saturated carbocycles. The Labute approximate surface area is 126 Å². The summed E-state index contributed by atoms with van der Waals surface area (Å²) in [6, 6.07) is 7.94. The lowest BCUT2D eigenvalue weighted by molar-refractivity contribution is 0.174. The molecule has 1 aromatic rings. The van der Waals surface area contributed by atoms with Gasteiger partial charge in [0.25, 0.3) is 0 Å². The largest absolute Gasteiger partial charge is 0.445 e. The lowest BCUT2D eigenvalue weighted by Crippen LogP contribution is -2.32. The number of likely N-dealkylation sites (tertiary alicyclic amines) is 1. The first-order chi connectivity index (χ1) is 10.2. The summed E-state index contributed by atoms with van der Waals surface area (Å²) in [7, 11) is 0. The maximum absolute atomic E-state index is 11.4. The molecular weight excluding hydrogens is 264 g/mol. The predicted octanol–water partition coefficient (Wildman–Crippen LogP) is 3.65. The van der Waals surface area contributed by atoms with E-state index in [-0.39, 0.29) is 6.61 Å². The monoisotopic (exact) mass is 288 g/mol. The summed E-state index contributed by atoms with van der Waals surface area (Å²) in [6.07, 6.45) is 3.67. The van der Waals surface area contributed by atoms with E-state index in [2.05, 4.69) is 35.9 Å². The van der Waals surface area contributed by atoms with Crippen molar-refractivity contribution in [2.24, 2.45) is 5.92 Å². The summed E-state index contributed by atoms with van der Waals surface area (Å²) < 4.78 is 4.88. The molecule has 1 aliphatic heterocycles. The number of hydrogen-bond donors (Lipinski definition) is 1. The number of carbonyl (C=O) groups excluding carboxylic acids is 1. The van der Waals surface area contributed by atoms with E-state index in [0.717, 1.165) is 18.2 Å². The fourth-order valence-electron chi connectivity index (χ4n) is 2.46. The highest BCUT2D eigenvalue weighted by Crippen LogP contribution is 2.19. The smallest absolute Gasteiger partial charge is 0.411 e. The maximum Gasteiger partial charge on any atom is 0.411 e. The minimum Gasteiger partial charge on any atom is -0.445 e. The first-order valence-corrected chi connectivity index (χ1v) is 7.53. The summed E-state index contributed by atoms with van der Waals surface area (Å²) in [4.78, 5) is 13.9. The van der Waals surface area contributed by atoms with Gasteiger partial charge in [0.1, 0.15) is 6.61 Å². The molecule has 1 heterocycles. The third-order valence-corrected chi connectivity index (χ3v) is 3.82. The van der Waals surface area contributed by atoms with E-state index in [1.807, 2.05) is 12.1 Å². The molecule has 1 fully saturated rings. The van der Waals surface area contributed by atoms with Crippen LogP contribution in [0.4, 0.5) is 10.5 Å². The van der Waals surface area contributed by atoms with Crippen LogP contribution in [0.15, 0.2) is 36.9 Å². The van der Waals surface area contributed by atoms with Crippen molar-refractivity contribution < 1.29 is 9.53 Å². The molecule has 1 N–H and O–H groups in total. The molecule has 1 saturated heterocycles. The molecular formula is C17H24N2O2. The van der Waals surface area contributed by atoms with Crippen LogP contribution >= 0.6 is 0 Å². The summed E-state index contributed by atoms with van der Waals surface area (Å²) in [5.41, 5.74) is 2.02. The van der Waals surface area contributed by atoms with Gasteiger partial charge >= 0.3 is 6.09 Å². The molecule has 0 aromatic heterocycles. The Morgan fingerprint density at radius 2 is 2.05 bits per heavy atom. The fourth-order valence-corrected chi connectivity index (χ4v) is 2.46. The molecule has 1 amide bonds. The summed E-state index contributed by atoms with van der Waals surface area (Å²) in [6.45, 7) is 9.38. The van der Waals surface area contributed by atoms with Crippen LogP contribution in [0.25, 0.3) is 0 Å². The van der Waals surface area contributed by atoms with E-state index < -0.39 is 6.09 Å². The molecule has 114 valence electrons. The van der Waals surface area contributed by atoms with Crippen LogP contribution in [0.5, 0.6) is 0 Å². The highest BCUT2D eigenvalue weighted by atomic mass is 16.5. The van der Waals surface area contributed by atoms with Gasteiger partial charge in [0.2, 0.25) is 0 Å². The summed E-state index contributed by atoms with van der Waals surface area (Å²) in [5, 5.41) is 2.69. The normalized spacial score (nSPS) is 16.4. The number of anilines is 1. The summed E-state index contributed by atoms with van der Waals surface area (Å²) in [5.74, 6) is 0.856. The SMILES string of the molecule is C=CCOC(=O)Nc1ccc(CN2CCC(C)CC2)cc1. The van der Waals surface area contributed by atoms with Gasteiger partial charge in [0, 0.05) is 12.2 Å². The van der Waals surface area contributed by atoms with Crippen molar-refractivity contribution in [2.75, 3.05) is 25.0 Å². The average molecular weight is 288 g/mol. The van der Waals surface area contributed by atoms with Crippen molar-refractivity contribution in [3.8, 4) is 0 Å². The van der Waals surface area contributed by atoms with Crippen LogP contribution in [-0.2, 0) is 11.3 Å². The van der Waals surface area contributed by atoms with Crippen molar-refractivity contribution >= 4 is 11.8 Å². The molecule has 0 radical (unpaired) electrons. The summed E-state index contributed by atoms with van der Waals surface area (Å²) >= 11 is 0. The van der Waals surface area contributed by atoms with Gasteiger partial charge in [-0.2, -0.15) is 0 Å². The highest BCUT2D eigenvalue weighted by molar-refractivity contribution is 5.84. The Hall–Kier alpha value is -1.81. The Balaban J connectivity index is 1.81. The highest BCUT2D eigenvalue weighted by Gasteiger charge is 2.15. The quantitative estimate of drug-likeness (QED) is 0.841. The van der Waals surface area contributed by atoms with Gasteiger partial charge in [0.15, 0.2) is 0 Å². The third-order valence-electron chi connectivity index (χ3n) is 3.82. The minimum absolute atomic E-state index is 0.220. The molecule has 0 bridgehead atoms. The first kappa shape index (κ1) is 15.6. The van der Waals surface area contributed by atoms with Crippen molar-refractivity contribution in [2.45, 2.75) is 26.3 Å². The van der Waals surface area contributed by atoms with Crippen LogP contribution in [-0.4, -0.2) is 30.7 Å². The van der Waals surface area contributed by atoms with Gasteiger partial charge in [-0.25, -0.2) is 4.79 Å². The van der Waals surface area contributed by atoms with Crippen molar-refractivity contribution in [3.05, 3.63) is 42.5 Å². The molecule has 21 heavy (non-hydrogen) atoms. The van der Waals surface area contributed by atoms with Crippen LogP contribution in [0.3, 0.4) is 0 Å². The topological polar surface area (TPSA) is 41.6 Å². The molecule has 1 aliphatic rings. The van der Waals surface area contributed by atoms with E-state index in [0.29, 0.717) is 0 Å². The Morgan fingerprint density at radius 1 is 1.38 bits per heavy atom. The standard InChI is InChI=1S/C17H24N2O2/c1-3-12-21-17(20)18-16-6-4-15(5-7-16)13-19-10-8-14(2)9-11-19/h3-7,14H,1,8-13H2,2H3,(H,18,20). The zero-order valence-corrected chi connectivity index (χ0v) is 12.7. The average Bonchev–Trinajstić information content (AvgIpc) is 2.49. The zero-order chi connectivity index (χ0) is 15.1. The molecule has 2 rings (SSSR count). The lowest BCUT2D eigenvalue weighted by Gasteiger charge is -2.30. The second-order valence-corrected chi connectivity index (χ2v) is 5.67. The Bertz CT molecular complexity index is 462. The molecule has 0 aliphatic carbocycles. The molecule has 0 unspecified atom stereocenters. The van der Waals surface area contributed by atoms with E-state index in [9.17, 15) is 4.79 Å².